The van der Waals surface area contributed by atoms with Crippen molar-refractivity contribution in [1.29, 1.82) is 0 Å². The van der Waals surface area contributed by atoms with E-state index in [0.717, 1.165) is 12.8 Å². The van der Waals surface area contributed by atoms with E-state index in [4.69, 9.17) is 16.3 Å². The Morgan fingerprint density at radius 1 is 1.24 bits per heavy atom. The first-order valence-corrected chi connectivity index (χ1v) is 7.87. The molecular weight excluding hydrogens is 286 g/mol. The summed E-state index contributed by atoms with van der Waals surface area (Å²) in [6, 6.07) is 6.78. The minimum absolute atomic E-state index is 0.154. The predicted molar refractivity (Wildman–Crippen MR) is 85.8 cm³/mol. The number of nitrogens with one attached hydrogen (secondary N) is 1. The second-order valence-corrected chi connectivity index (χ2v) is 7.64. The summed E-state index contributed by atoms with van der Waals surface area (Å²) in [7, 11) is 0. The van der Waals surface area contributed by atoms with Gasteiger partial charge in [0.05, 0.1) is 0 Å². The molecule has 1 saturated carbocycles. The molecule has 0 radical (unpaired) electrons. The molecule has 4 heteroatoms. The largest absolute Gasteiger partial charge is 0.412 e. The van der Waals surface area contributed by atoms with E-state index in [-0.39, 0.29) is 5.41 Å². The van der Waals surface area contributed by atoms with Gasteiger partial charge in [-0.05, 0) is 54.4 Å². The van der Waals surface area contributed by atoms with Gasteiger partial charge in [-0.2, -0.15) is 0 Å². The Morgan fingerprint density at radius 3 is 2.52 bits per heavy atom. The fourth-order valence-electron chi connectivity index (χ4n) is 3.41. The lowest BCUT2D eigenvalue weighted by Gasteiger charge is -2.42. The molecule has 1 atom stereocenters. The quantitative estimate of drug-likeness (QED) is 0.850. The van der Waals surface area contributed by atoms with E-state index < -0.39 is 6.09 Å². The molecule has 0 aromatic heterocycles. The summed E-state index contributed by atoms with van der Waals surface area (Å²) >= 11 is 5.80. The molecule has 1 aromatic rings. The van der Waals surface area contributed by atoms with Crippen molar-refractivity contribution in [3.8, 4) is 5.75 Å². The van der Waals surface area contributed by atoms with Gasteiger partial charge in [0.2, 0.25) is 0 Å². The number of amides is 1. The Labute approximate surface area is 132 Å². The fraction of sp³-hybridized carbons (Fsp3) is 0.588. The van der Waals surface area contributed by atoms with Gasteiger partial charge >= 0.3 is 6.09 Å². The van der Waals surface area contributed by atoms with Crippen molar-refractivity contribution in [3.05, 3.63) is 29.3 Å². The summed E-state index contributed by atoms with van der Waals surface area (Å²) in [6.07, 6.45) is 4.36. The summed E-state index contributed by atoms with van der Waals surface area (Å²) in [5, 5.41) is 3.52. The average molecular weight is 310 g/mol. The average Bonchev–Trinajstić information content (AvgIpc) is 2.38. The second-order valence-electron chi connectivity index (χ2n) is 7.20. The van der Waals surface area contributed by atoms with Gasteiger partial charge in [-0.25, -0.2) is 4.79 Å². The first-order chi connectivity index (χ1) is 9.78. The zero-order chi connectivity index (χ0) is 15.5. The smallest absolute Gasteiger partial charge is 0.410 e. The maximum atomic E-state index is 11.9. The van der Waals surface area contributed by atoms with Crippen LogP contribution in [0.4, 0.5) is 4.79 Å². The zero-order valence-corrected chi connectivity index (χ0v) is 13.8. The standard InChI is InChI=1S/C17H24ClNO2/c1-16(2)9-4-10-17(3,11-16)12-19-15(20)21-14-7-5-13(18)6-8-14/h5-8H,4,9-12H2,1-3H3,(H,19,20). The van der Waals surface area contributed by atoms with E-state index in [1.54, 1.807) is 24.3 Å². The van der Waals surface area contributed by atoms with Gasteiger partial charge in [0, 0.05) is 11.6 Å². The van der Waals surface area contributed by atoms with Crippen LogP contribution in [-0.4, -0.2) is 12.6 Å². The van der Waals surface area contributed by atoms with Crippen molar-refractivity contribution < 1.29 is 9.53 Å². The minimum atomic E-state index is -0.401. The van der Waals surface area contributed by atoms with Gasteiger partial charge in [-0.3, -0.25) is 0 Å². The number of carbonyl (C=O) groups is 1. The molecule has 21 heavy (non-hydrogen) atoms. The molecule has 0 saturated heterocycles. The first-order valence-electron chi connectivity index (χ1n) is 7.49. The molecular formula is C17H24ClNO2. The van der Waals surface area contributed by atoms with Crippen molar-refractivity contribution >= 4 is 17.7 Å². The van der Waals surface area contributed by atoms with Gasteiger partial charge in [-0.15, -0.1) is 0 Å². The van der Waals surface area contributed by atoms with E-state index in [1.165, 1.54) is 12.8 Å². The highest BCUT2D eigenvalue weighted by Crippen LogP contribution is 2.45. The van der Waals surface area contributed by atoms with E-state index in [1.807, 2.05) is 0 Å². The molecule has 1 unspecified atom stereocenters. The first kappa shape index (κ1) is 16.2. The Balaban J connectivity index is 1.84. The van der Waals surface area contributed by atoms with Gasteiger partial charge in [0.1, 0.15) is 5.75 Å². The monoisotopic (exact) mass is 309 g/mol. The SMILES string of the molecule is CC1(C)CCCC(C)(CNC(=O)Oc2ccc(Cl)cc2)C1. The Bertz CT molecular complexity index is 498. The van der Waals surface area contributed by atoms with Crippen LogP contribution in [0.5, 0.6) is 5.75 Å². The number of benzene rings is 1. The van der Waals surface area contributed by atoms with E-state index >= 15 is 0 Å². The molecule has 2 rings (SSSR count). The lowest BCUT2D eigenvalue weighted by molar-refractivity contribution is 0.0969. The highest BCUT2D eigenvalue weighted by molar-refractivity contribution is 6.30. The van der Waals surface area contributed by atoms with Crippen LogP contribution in [0.1, 0.15) is 46.5 Å². The van der Waals surface area contributed by atoms with Gasteiger partial charge in [0.25, 0.3) is 0 Å². The van der Waals surface area contributed by atoms with Crippen LogP contribution in [0, 0.1) is 10.8 Å². The van der Waals surface area contributed by atoms with E-state index in [0.29, 0.717) is 22.7 Å². The summed E-state index contributed by atoms with van der Waals surface area (Å²) in [5.74, 6) is 0.506. The number of rotatable bonds is 3. The maximum absolute atomic E-state index is 11.9. The molecule has 1 aromatic carbocycles. The predicted octanol–water partition coefficient (Wildman–Crippen LogP) is 5.03. The number of halogens is 1. The summed E-state index contributed by atoms with van der Waals surface area (Å²) in [5.41, 5.74) is 0.509. The van der Waals surface area contributed by atoms with Crippen LogP contribution in [0.25, 0.3) is 0 Å². The molecule has 0 spiro atoms. The number of hydrogen-bond acceptors (Lipinski definition) is 2. The van der Waals surface area contributed by atoms with Gasteiger partial charge < -0.3 is 10.1 Å². The summed E-state index contributed by atoms with van der Waals surface area (Å²) in [6.45, 7) is 7.51. The third kappa shape index (κ3) is 4.92. The number of hydrogen-bond donors (Lipinski definition) is 1. The molecule has 0 bridgehead atoms. The second kappa shape index (κ2) is 6.27. The molecule has 1 N–H and O–H groups in total. The Kier molecular flexibility index (Phi) is 4.82. The molecule has 3 nitrogen and oxygen atoms in total. The Hall–Kier alpha value is -1.22. The molecule has 0 aliphatic heterocycles. The summed E-state index contributed by atoms with van der Waals surface area (Å²) < 4.78 is 5.25. The van der Waals surface area contributed by atoms with Gasteiger partial charge in [-0.1, -0.05) is 38.8 Å². The lowest BCUT2D eigenvalue weighted by Crippen LogP contribution is -2.41. The Morgan fingerprint density at radius 2 is 1.90 bits per heavy atom. The van der Waals surface area contributed by atoms with Crippen LogP contribution < -0.4 is 10.1 Å². The van der Waals surface area contributed by atoms with E-state index in [2.05, 4.69) is 26.1 Å². The highest BCUT2D eigenvalue weighted by atomic mass is 35.5. The van der Waals surface area contributed by atoms with Crippen LogP contribution >= 0.6 is 11.6 Å². The molecule has 1 amide bonds. The van der Waals surface area contributed by atoms with Crippen LogP contribution in [0.15, 0.2) is 24.3 Å². The molecule has 0 heterocycles. The van der Waals surface area contributed by atoms with E-state index in [9.17, 15) is 4.79 Å². The van der Waals surface area contributed by atoms with Crippen molar-refractivity contribution in [1.82, 2.24) is 5.32 Å². The van der Waals surface area contributed by atoms with Crippen molar-refractivity contribution in [3.63, 3.8) is 0 Å². The third-order valence-electron chi connectivity index (χ3n) is 4.22. The lowest BCUT2D eigenvalue weighted by atomic mass is 9.64. The van der Waals surface area contributed by atoms with Crippen LogP contribution in [0.3, 0.4) is 0 Å². The summed E-state index contributed by atoms with van der Waals surface area (Å²) in [4.78, 5) is 11.9. The molecule has 1 aliphatic rings. The fourth-order valence-corrected chi connectivity index (χ4v) is 3.53. The minimum Gasteiger partial charge on any atom is -0.410 e. The number of ether oxygens (including phenoxy) is 1. The maximum Gasteiger partial charge on any atom is 0.412 e. The normalized spacial score (nSPS) is 24.4. The number of carbonyl (C=O) groups excluding carboxylic acids is 1. The topological polar surface area (TPSA) is 38.3 Å². The molecule has 116 valence electrons. The van der Waals surface area contributed by atoms with Crippen LogP contribution in [-0.2, 0) is 0 Å². The van der Waals surface area contributed by atoms with Crippen LogP contribution in [0.2, 0.25) is 5.02 Å². The molecule has 1 fully saturated rings. The highest BCUT2D eigenvalue weighted by Gasteiger charge is 2.36. The van der Waals surface area contributed by atoms with Crippen molar-refractivity contribution in [2.45, 2.75) is 46.5 Å². The van der Waals surface area contributed by atoms with Crippen molar-refractivity contribution in [2.24, 2.45) is 10.8 Å². The van der Waals surface area contributed by atoms with Gasteiger partial charge in [0.15, 0.2) is 0 Å². The third-order valence-corrected chi connectivity index (χ3v) is 4.47. The zero-order valence-electron chi connectivity index (χ0n) is 13.0. The molecule has 1 aliphatic carbocycles. The van der Waals surface area contributed by atoms with Crippen molar-refractivity contribution in [2.75, 3.05) is 6.54 Å².